The van der Waals surface area contributed by atoms with Gasteiger partial charge in [-0.15, -0.1) is 10.2 Å². The van der Waals surface area contributed by atoms with Crippen LogP contribution in [0.25, 0.3) is 11.4 Å². The van der Waals surface area contributed by atoms with Gasteiger partial charge in [-0.2, -0.15) is 0 Å². The van der Waals surface area contributed by atoms with E-state index < -0.39 is 4.92 Å². The van der Waals surface area contributed by atoms with Gasteiger partial charge in [0.25, 0.3) is 5.69 Å². The van der Waals surface area contributed by atoms with E-state index in [1.54, 1.807) is 31.6 Å². The van der Waals surface area contributed by atoms with Crippen LogP contribution in [0.2, 0.25) is 0 Å². The van der Waals surface area contributed by atoms with Crippen LogP contribution < -0.4 is 4.74 Å². The Balaban J connectivity index is 1.78. The van der Waals surface area contributed by atoms with E-state index in [9.17, 15) is 10.1 Å². The number of nitro groups is 1. The van der Waals surface area contributed by atoms with Crippen molar-refractivity contribution >= 4 is 33.4 Å². The van der Waals surface area contributed by atoms with E-state index in [1.165, 1.54) is 17.8 Å². The summed E-state index contributed by atoms with van der Waals surface area (Å²) in [6, 6.07) is 16.0. The first-order valence-electron chi connectivity index (χ1n) is 8.77. The number of rotatable bonds is 7. The Morgan fingerprint density at radius 3 is 2.80 bits per heavy atom. The van der Waals surface area contributed by atoms with E-state index in [1.807, 2.05) is 34.9 Å². The van der Waals surface area contributed by atoms with E-state index in [0.717, 1.165) is 5.56 Å². The third kappa shape index (κ3) is 4.24. The van der Waals surface area contributed by atoms with Crippen LogP contribution in [0.1, 0.15) is 5.76 Å². The molecule has 0 unspecified atom stereocenters. The van der Waals surface area contributed by atoms with Crippen LogP contribution in [0.4, 0.5) is 5.69 Å². The van der Waals surface area contributed by atoms with Gasteiger partial charge in [0.1, 0.15) is 11.5 Å². The lowest BCUT2D eigenvalue weighted by atomic mass is 10.2. The topological polar surface area (TPSA) is 96.2 Å². The van der Waals surface area contributed by atoms with Crippen molar-refractivity contribution in [2.45, 2.75) is 16.6 Å². The lowest BCUT2D eigenvalue weighted by Crippen LogP contribution is -2.03. The number of hydrogen-bond donors (Lipinski definition) is 0. The smallest absolute Gasteiger partial charge is 0.284 e. The SMILES string of the molecule is COc1cccc(-c2nnc(Sc3ccc(Br)cc3[N+](=O)[O-])n2Cc2ccco2)c1. The van der Waals surface area contributed by atoms with Crippen molar-refractivity contribution in [3.63, 3.8) is 0 Å². The minimum atomic E-state index is -0.413. The molecule has 0 radical (unpaired) electrons. The Labute approximate surface area is 184 Å². The normalized spacial score (nSPS) is 10.9. The van der Waals surface area contributed by atoms with Crippen LogP contribution in [0.3, 0.4) is 0 Å². The predicted molar refractivity (Wildman–Crippen MR) is 115 cm³/mol. The van der Waals surface area contributed by atoms with Crippen molar-refractivity contribution < 1.29 is 14.1 Å². The second-order valence-corrected chi connectivity index (χ2v) is 8.10. The molecule has 152 valence electrons. The van der Waals surface area contributed by atoms with Gasteiger partial charge in [-0.1, -0.05) is 28.1 Å². The molecule has 0 aliphatic carbocycles. The molecule has 0 fully saturated rings. The van der Waals surface area contributed by atoms with Crippen LogP contribution >= 0.6 is 27.7 Å². The van der Waals surface area contributed by atoms with Crippen molar-refractivity contribution in [3.05, 3.63) is 81.2 Å². The van der Waals surface area contributed by atoms with Crippen molar-refractivity contribution in [3.8, 4) is 17.1 Å². The summed E-state index contributed by atoms with van der Waals surface area (Å²) in [5.41, 5.74) is 0.801. The lowest BCUT2D eigenvalue weighted by Gasteiger charge is -2.10. The maximum atomic E-state index is 11.5. The molecule has 0 spiro atoms. The molecule has 0 atom stereocenters. The maximum absolute atomic E-state index is 11.5. The number of benzene rings is 2. The number of furan rings is 1. The molecule has 2 heterocycles. The number of hydrogen-bond acceptors (Lipinski definition) is 7. The zero-order chi connectivity index (χ0) is 21.1. The van der Waals surface area contributed by atoms with Crippen molar-refractivity contribution in [2.75, 3.05) is 7.11 Å². The molecule has 0 saturated heterocycles. The standard InChI is InChI=1S/C20H15BrN4O4S/c1-28-15-5-2-4-13(10-15)19-22-23-20(24(19)12-16-6-3-9-29-16)30-18-8-7-14(21)11-17(18)25(26)27/h2-11H,12H2,1H3. The predicted octanol–water partition coefficient (Wildman–Crippen LogP) is 5.42. The number of methoxy groups -OCH3 is 1. The number of halogens is 1. The summed E-state index contributed by atoms with van der Waals surface area (Å²) in [5.74, 6) is 2.01. The second kappa shape index (κ2) is 8.72. The van der Waals surface area contributed by atoms with Crippen molar-refractivity contribution in [1.82, 2.24) is 14.8 Å². The minimum absolute atomic E-state index is 0.00939. The molecule has 30 heavy (non-hydrogen) atoms. The van der Waals surface area contributed by atoms with E-state index in [2.05, 4.69) is 26.1 Å². The van der Waals surface area contributed by atoms with Gasteiger partial charge in [0, 0.05) is 16.1 Å². The summed E-state index contributed by atoms with van der Waals surface area (Å²) in [6.45, 7) is 0.374. The van der Waals surface area contributed by atoms with E-state index in [4.69, 9.17) is 9.15 Å². The highest BCUT2D eigenvalue weighted by Crippen LogP contribution is 2.37. The summed E-state index contributed by atoms with van der Waals surface area (Å²) >= 11 is 4.46. The summed E-state index contributed by atoms with van der Waals surface area (Å²) < 4.78 is 13.3. The molecule has 4 aromatic rings. The van der Waals surface area contributed by atoms with Crippen LogP contribution in [-0.4, -0.2) is 26.8 Å². The highest BCUT2D eigenvalue weighted by Gasteiger charge is 2.21. The third-order valence-corrected chi connectivity index (χ3v) is 5.80. The Kier molecular flexibility index (Phi) is 5.86. The van der Waals surface area contributed by atoms with Crippen LogP contribution in [0, 0.1) is 10.1 Å². The maximum Gasteiger partial charge on any atom is 0.284 e. The number of nitro benzene ring substituents is 1. The molecule has 0 bridgehead atoms. The van der Waals surface area contributed by atoms with Crippen LogP contribution in [0.15, 0.2) is 79.8 Å². The number of nitrogens with zero attached hydrogens (tertiary/aromatic N) is 4. The minimum Gasteiger partial charge on any atom is -0.497 e. The lowest BCUT2D eigenvalue weighted by molar-refractivity contribution is -0.387. The number of ether oxygens (including phenoxy) is 1. The first kappa shape index (κ1) is 20.2. The fourth-order valence-electron chi connectivity index (χ4n) is 2.86. The van der Waals surface area contributed by atoms with Gasteiger partial charge in [0.2, 0.25) is 0 Å². The average molecular weight is 487 g/mol. The molecule has 4 rings (SSSR count). The fourth-order valence-corrected chi connectivity index (χ4v) is 4.12. The van der Waals surface area contributed by atoms with Crippen LogP contribution in [-0.2, 0) is 6.54 Å². The first-order valence-corrected chi connectivity index (χ1v) is 10.4. The second-order valence-electron chi connectivity index (χ2n) is 6.17. The van der Waals surface area contributed by atoms with Gasteiger partial charge in [0.15, 0.2) is 11.0 Å². The Bertz CT molecular complexity index is 1190. The highest BCUT2D eigenvalue weighted by molar-refractivity contribution is 9.10. The summed E-state index contributed by atoms with van der Waals surface area (Å²) in [4.78, 5) is 11.6. The zero-order valence-corrected chi connectivity index (χ0v) is 18.1. The molecule has 2 aromatic carbocycles. The Hall–Kier alpha value is -3.11. The van der Waals surface area contributed by atoms with E-state index in [0.29, 0.717) is 38.4 Å². The summed E-state index contributed by atoms with van der Waals surface area (Å²) in [5, 5.41) is 20.7. The molecule has 0 amide bonds. The van der Waals surface area contributed by atoms with Gasteiger partial charge in [0.05, 0.1) is 29.7 Å². The van der Waals surface area contributed by atoms with Gasteiger partial charge >= 0.3 is 0 Å². The Morgan fingerprint density at radius 2 is 2.07 bits per heavy atom. The number of aromatic nitrogens is 3. The Morgan fingerprint density at radius 1 is 1.20 bits per heavy atom. The molecule has 10 heteroatoms. The van der Waals surface area contributed by atoms with Crippen molar-refractivity contribution in [1.29, 1.82) is 0 Å². The van der Waals surface area contributed by atoms with Gasteiger partial charge in [-0.3, -0.25) is 14.7 Å². The molecule has 2 aromatic heterocycles. The van der Waals surface area contributed by atoms with Gasteiger partial charge in [-0.25, -0.2) is 0 Å². The molecule has 0 aliphatic heterocycles. The molecule has 0 saturated carbocycles. The molecule has 0 N–H and O–H groups in total. The molecular formula is C20H15BrN4O4S. The van der Waals surface area contributed by atoms with E-state index >= 15 is 0 Å². The molecule has 8 nitrogen and oxygen atoms in total. The van der Waals surface area contributed by atoms with E-state index in [-0.39, 0.29) is 5.69 Å². The van der Waals surface area contributed by atoms with Gasteiger partial charge < -0.3 is 9.15 Å². The average Bonchev–Trinajstić information content (AvgIpc) is 3.40. The monoisotopic (exact) mass is 486 g/mol. The fraction of sp³-hybridized carbons (Fsp3) is 0.100. The zero-order valence-electron chi connectivity index (χ0n) is 15.7. The van der Waals surface area contributed by atoms with Crippen molar-refractivity contribution in [2.24, 2.45) is 0 Å². The largest absolute Gasteiger partial charge is 0.497 e. The molecular weight excluding hydrogens is 472 g/mol. The molecule has 0 aliphatic rings. The third-order valence-electron chi connectivity index (χ3n) is 4.26. The summed E-state index contributed by atoms with van der Waals surface area (Å²) in [7, 11) is 1.60. The summed E-state index contributed by atoms with van der Waals surface area (Å²) in [6.07, 6.45) is 1.59. The quantitative estimate of drug-likeness (QED) is 0.254. The first-order chi connectivity index (χ1) is 14.5. The highest BCUT2D eigenvalue weighted by atomic mass is 79.9. The van der Waals surface area contributed by atoms with Crippen LogP contribution in [0.5, 0.6) is 5.75 Å². The van der Waals surface area contributed by atoms with Gasteiger partial charge in [-0.05, 0) is 48.2 Å².